The van der Waals surface area contributed by atoms with Crippen molar-refractivity contribution in [2.75, 3.05) is 6.61 Å². The molecular weight excluding hydrogens is 197 g/mol. The first-order valence-electron chi connectivity index (χ1n) is 4.80. The molecule has 1 aromatic carbocycles. The predicted molar refractivity (Wildman–Crippen MR) is 58.8 cm³/mol. The van der Waals surface area contributed by atoms with E-state index in [1.807, 2.05) is 31.2 Å². The van der Waals surface area contributed by atoms with Crippen molar-refractivity contribution in [3.05, 3.63) is 37.3 Å². The number of rotatable bonds is 3. The van der Waals surface area contributed by atoms with Gasteiger partial charge in [-0.2, -0.15) is 6.08 Å². The Morgan fingerprint density at radius 1 is 1.50 bits per heavy atom. The maximum absolute atomic E-state index is 5.40. The van der Waals surface area contributed by atoms with Gasteiger partial charge in [0.15, 0.2) is 0 Å². The molecule has 0 aliphatic carbocycles. The van der Waals surface area contributed by atoms with E-state index in [-0.39, 0.29) is 18.9 Å². The molecule has 0 atom stereocenters. The summed E-state index contributed by atoms with van der Waals surface area (Å²) in [6.07, 6.45) is 1.63. The summed E-state index contributed by atoms with van der Waals surface area (Å²) in [6, 6.07) is 7.72. The number of hydrogen-bond acceptors (Lipinski definition) is 3. The predicted octanol–water partition coefficient (Wildman–Crippen LogP) is -0.896. The summed E-state index contributed by atoms with van der Waals surface area (Å²) in [5, 5.41) is 8.05. The van der Waals surface area contributed by atoms with Gasteiger partial charge in [0, 0.05) is 0 Å². The molecule has 0 saturated carbocycles. The number of hydrogen-bond donors (Lipinski definition) is 0. The summed E-state index contributed by atoms with van der Waals surface area (Å²) in [5.41, 5.74) is 1.76. The van der Waals surface area contributed by atoms with Crippen molar-refractivity contribution in [1.82, 2.24) is 15.0 Å². The number of fused-ring (bicyclic) bond motifs is 1. The summed E-state index contributed by atoms with van der Waals surface area (Å²) in [5.74, 6) is 0.603. The van der Waals surface area contributed by atoms with Gasteiger partial charge in [-0.3, -0.25) is 4.68 Å². The Balaban J connectivity index is 0.00000128. The Hall–Kier alpha value is -1.37. The van der Waals surface area contributed by atoms with Gasteiger partial charge >= 0.3 is 18.9 Å². The van der Waals surface area contributed by atoms with Gasteiger partial charge < -0.3 is 4.74 Å². The SMILES string of the molecule is [CH2-]/C=C(\OCC)n1nnc2ccccc21.[Li+]. The zero-order valence-electron chi connectivity index (χ0n) is 9.55. The first kappa shape index (κ1) is 12.7. The van der Waals surface area contributed by atoms with Gasteiger partial charge in [0.2, 0.25) is 0 Å². The van der Waals surface area contributed by atoms with Crippen molar-refractivity contribution in [3.8, 4) is 0 Å². The van der Waals surface area contributed by atoms with Crippen molar-refractivity contribution in [2.45, 2.75) is 6.92 Å². The molecule has 0 radical (unpaired) electrons. The quantitative estimate of drug-likeness (QED) is 0.374. The fourth-order valence-corrected chi connectivity index (χ4v) is 1.39. The summed E-state index contributed by atoms with van der Waals surface area (Å²) in [6.45, 7) is 6.19. The van der Waals surface area contributed by atoms with E-state index in [2.05, 4.69) is 17.2 Å². The van der Waals surface area contributed by atoms with Gasteiger partial charge in [0.1, 0.15) is 5.52 Å². The molecule has 0 N–H and O–H groups in total. The average Bonchev–Trinajstić information content (AvgIpc) is 2.70. The summed E-state index contributed by atoms with van der Waals surface area (Å²) < 4.78 is 7.05. The number of aromatic nitrogens is 3. The molecule has 0 aliphatic heterocycles. The Labute approximate surface area is 106 Å². The van der Waals surface area contributed by atoms with E-state index >= 15 is 0 Å². The summed E-state index contributed by atoms with van der Waals surface area (Å²) in [7, 11) is 0. The minimum atomic E-state index is 0. The topological polar surface area (TPSA) is 39.9 Å². The Bertz CT molecular complexity index is 493. The van der Waals surface area contributed by atoms with E-state index < -0.39 is 0 Å². The van der Waals surface area contributed by atoms with Crippen LogP contribution in [0.25, 0.3) is 16.9 Å². The van der Waals surface area contributed by atoms with Crippen LogP contribution in [0, 0.1) is 6.92 Å². The Morgan fingerprint density at radius 2 is 2.25 bits per heavy atom. The smallest absolute Gasteiger partial charge is 0.562 e. The van der Waals surface area contributed by atoms with Crippen LogP contribution in [-0.4, -0.2) is 21.6 Å². The van der Waals surface area contributed by atoms with Crippen LogP contribution in [0.3, 0.4) is 0 Å². The van der Waals surface area contributed by atoms with Crippen LogP contribution in [0.15, 0.2) is 30.3 Å². The van der Waals surface area contributed by atoms with Gasteiger partial charge in [0.05, 0.1) is 18.0 Å². The standard InChI is InChI=1S/C11H12N3O.Li/c1-3-11(15-4-2)14-10-8-6-5-7-9(10)12-13-14;/h3,5-8H,1,4H2,2H3;/q-1;+1/b11-3-;. The number of para-hydroxylation sites is 1. The van der Waals surface area contributed by atoms with Crippen molar-refractivity contribution < 1.29 is 23.6 Å². The normalized spacial score (nSPS) is 11.2. The van der Waals surface area contributed by atoms with Crippen LogP contribution in [0.2, 0.25) is 0 Å². The minimum absolute atomic E-state index is 0. The van der Waals surface area contributed by atoms with Gasteiger partial charge in [-0.05, 0) is 19.1 Å². The monoisotopic (exact) mass is 209 g/mol. The largest absolute Gasteiger partial charge is 1.00 e. The number of ether oxygens (including phenoxy) is 1. The average molecular weight is 209 g/mol. The van der Waals surface area contributed by atoms with Gasteiger partial charge in [0.25, 0.3) is 0 Å². The second-order valence-electron chi connectivity index (χ2n) is 2.97. The van der Waals surface area contributed by atoms with Gasteiger partial charge in [-0.1, -0.05) is 17.3 Å². The Kier molecular flexibility index (Phi) is 4.48. The van der Waals surface area contributed by atoms with E-state index in [1.54, 1.807) is 10.8 Å². The minimum Gasteiger partial charge on any atom is -0.562 e. The second-order valence-corrected chi connectivity index (χ2v) is 2.97. The molecule has 2 rings (SSSR count). The molecule has 0 bridgehead atoms. The van der Waals surface area contributed by atoms with Crippen LogP contribution >= 0.6 is 0 Å². The molecule has 0 aliphatic rings. The van der Waals surface area contributed by atoms with Crippen LogP contribution < -0.4 is 18.9 Å². The molecule has 16 heavy (non-hydrogen) atoms. The number of benzene rings is 1. The molecular formula is C11H12LiN3O. The zero-order chi connectivity index (χ0) is 10.7. The molecule has 1 heterocycles. The fraction of sp³-hybridized carbons (Fsp3) is 0.182. The van der Waals surface area contributed by atoms with E-state index in [9.17, 15) is 0 Å². The molecule has 0 amide bonds. The number of allylic oxidation sites excluding steroid dienone is 1. The van der Waals surface area contributed by atoms with Crippen molar-refractivity contribution in [3.63, 3.8) is 0 Å². The van der Waals surface area contributed by atoms with E-state index in [4.69, 9.17) is 4.74 Å². The second kappa shape index (κ2) is 5.64. The molecule has 78 valence electrons. The van der Waals surface area contributed by atoms with Crippen molar-refractivity contribution >= 4 is 16.9 Å². The Morgan fingerprint density at radius 3 is 2.94 bits per heavy atom. The molecule has 5 heteroatoms. The summed E-state index contributed by atoms with van der Waals surface area (Å²) >= 11 is 0. The molecule has 1 aromatic heterocycles. The number of nitrogens with zero attached hydrogens (tertiary/aromatic N) is 3. The van der Waals surface area contributed by atoms with Crippen LogP contribution in [0.1, 0.15) is 6.92 Å². The van der Waals surface area contributed by atoms with Gasteiger partial charge in [-0.15, -0.1) is 5.10 Å². The van der Waals surface area contributed by atoms with Crippen molar-refractivity contribution in [2.24, 2.45) is 0 Å². The maximum atomic E-state index is 5.40. The molecule has 4 nitrogen and oxygen atoms in total. The molecule has 0 saturated heterocycles. The molecule has 0 spiro atoms. The van der Waals surface area contributed by atoms with E-state index in [0.717, 1.165) is 11.0 Å². The molecule has 0 fully saturated rings. The third-order valence-corrected chi connectivity index (χ3v) is 2.03. The first-order chi connectivity index (χ1) is 7.36. The first-order valence-corrected chi connectivity index (χ1v) is 4.80. The zero-order valence-corrected chi connectivity index (χ0v) is 9.55. The molecule has 0 unspecified atom stereocenters. The van der Waals surface area contributed by atoms with Gasteiger partial charge in [-0.25, -0.2) is 6.92 Å². The van der Waals surface area contributed by atoms with E-state index in [0.29, 0.717) is 12.5 Å². The maximum Gasteiger partial charge on any atom is 1.00 e. The van der Waals surface area contributed by atoms with Crippen LogP contribution in [0.4, 0.5) is 0 Å². The molecule has 2 aromatic rings. The van der Waals surface area contributed by atoms with E-state index in [1.165, 1.54) is 0 Å². The summed E-state index contributed by atoms with van der Waals surface area (Å²) in [4.78, 5) is 0. The van der Waals surface area contributed by atoms with Crippen LogP contribution in [0.5, 0.6) is 0 Å². The fourth-order valence-electron chi connectivity index (χ4n) is 1.39. The van der Waals surface area contributed by atoms with Crippen molar-refractivity contribution in [1.29, 1.82) is 0 Å². The van der Waals surface area contributed by atoms with Crippen LogP contribution in [-0.2, 0) is 4.74 Å². The third-order valence-electron chi connectivity index (χ3n) is 2.03. The third kappa shape index (κ3) is 2.24.